The largest absolute Gasteiger partial charge is 0.337 e. The van der Waals surface area contributed by atoms with Gasteiger partial charge in [-0.25, -0.2) is 4.98 Å². The second-order valence-corrected chi connectivity index (χ2v) is 7.16. The molecule has 0 spiro atoms. The highest BCUT2D eigenvalue weighted by Crippen LogP contribution is 2.33. The summed E-state index contributed by atoms with van der Waals surface area (Å²) in [7, 11) is 0. The molecular weight excluding hydrogens is 322 g/mol. The van der Waals surface area contributed by atoms with Crippen molar-refractivity contribution in [2.45, 2.75) is 18.9 Å². The van der Waals surface area contributed by atoms with Crippen LogP contribution in [0.5, 0.6) is 0 Å². The first-order valence-corrected chi connectivity index (χ1v) is 9.17. The number of amides is 2. The van der Waals surface area contributed by atoms with E-state index in [-0.39, 0.29) is 17.9 Å². The van der Waals surface area contributed by atoms with Crippen molar-refractivity contribution in [3.63, 3.8) is 0 Å². The zero-order valence-corrected chi connectivity index (χ0v) is 14.1. The van der Waals surface area contributed by atoms with E-state index in [0.717, 1.165) is 19.5 Å². The Morgan fingerprint density at radius 1 is 1.17 bits per heavy atom. The fraction of sp³-hybridized carbons (Fsp3) is 0.389. The van der Waals surface area contributed by atoms with Gasteiger partial charge in [0.1, 0.15) is 5.69 Å². The van der Waals surface area contributed by atoms with Gasteiger partial charge in [0.25, 0.3) is 5.91 Å². The van der Waals surface area contributed by atoms with E-state index in [0.29, 0.717) is 24.6 Å². The molecule has 2 saturated heterocycles. The molecule has 4 rings (SSSR count). The van der Waals surface area contributed by atoms with Crippen molar-refractivity contribution in [2.75, 3.05) is 19.6 Å². The third-order valence-corrected chi connectivity index (χ3v) is 5.55. The number of fused-ring (bicyclic) bond motifs is 1. The first kappa shape index (κ1) is 15.3. The molecule has 2 fully saturated rings. The number of hydrogen-bond donors (Lipinski definition) is 0. The lowest BCUT2D eigenvalue weighted by Gasteiger charge is -2.43. The van der Waals surface area contributed by atoms with Crippen molar-refractivity contribution >= 4 is 23.2 Å². The topological polar surface area (TPSA) is 53.5 Å². The molecule has 0 saturated carbocycles. The molecule has 1 aromatic carbocycles. The van der Waals surface area contributed by atoms with Crippen molar-refractivity contribution in [1.82, 2.24) is 14.8 Å². The summed E-state index contributed by atoms with van der Waals surface area (Å²) in [5, 5.41) is 1.78. The number of carbonyl (C=O) groups excluding carboxylic acids is 2. The number of aryl methyl sites for hydroxylation is 1. The van der Waals surface area contributed by atoms with Gasteiger partial charge in [-0.05, 0) is 12.0 Å². The maximum absolute atomic E-state index is 12.5. The van der Waals surface area contributed by atoms with Gasteiger partial charge in [-0.1, -0.05) is 30.3 Å². The Balaban J connectivity index is 1.32. The molecule has 0 aliphatic carbocycles. The number of benzene rings is 1. The predicted molar refractivity (Wildman–Crippen MR) is 91.8 cm³/mol. The second-order valence-electron chi connectivity index (χ2n) is 6.44. The molecule has 0 bridgehead atoms. The summed E-state index contributed by atoms with van der Waals surface area (Å²) < 4.78 is 0. The Labute approximate surface area is 144 Å². The fourth-order valence-corrected chi connectivity index (χ4v) is 4.13. The van der Waals surface area contributed by atoms with E-state index < -0.39 is 0 Å². The number of carbonyl (C=O) groups is 2. The molecule has 0 N–H and O–H groups in total. The zero-order valence-electron chi connectivity index (χ0n) is 13.3. The first-order chi connectivity index (χ1) is 11.7. The summed E-state index contributed by atoms with van der Waals surface area (Å²) in [5.74, 6) is 0.610. The first-order valence-electron chi connectivity index (χ1n) is 8.23. The van der Waals surface area contributed by atoms with Crippen molar-refractivity contribution < 1.29 is 9.59 Å². The molecular formula is C18H19N3O2S. The van der Waals surface area contributed by atoms with Crippen LogP contribution in [0.1, 0.15) is 22.5 Å². The van der Waals surface area contributed by atoms with E-state index in [2.05, 4.69) is 17.1 Å². The van der Waals surface area contributed by atoms with Gasteiger partial charge >= 0.3 is 0 Å². The molecule has 5 nitrogen and oxygen atoms in total. The third kappa shape index (κ3) is 2.82. The molecule has 2 aliphatic heterocycles. The Bertz CT molecular complexity index is 732. The maximum atomic E-state index is 12.5. The summed E-state index contributed by atoms with van der Waals surface area (Å²) >= 11 is 1.43. The predicted octanol–water partition coefficient (Wildman–Crippen LogP) is 2.06. The highest BCUT2D eigenvalue weighted by atomic mass is 32.1. The van der Waals surface area contributed by atoms with Crippen LogP contribution in [0.15, 0.2) is 41.2 Å². The summed E-state index contributed by atoms with van der Waals surface area (Å²) in [6, 6.07) is 10.3. The molecule has 2 aromatic rings. The number of hydrogen-bond acceptors (Lipinski definition) is 4. The van der Waals surface area contributed by atoms with Gasteiger partial charge in [-0.3, -0.25) is 9.59 Å². The lowest BCUT2D eigenvalue weighted by molar-refractivity contribution is -0.141. The monoisotopic (exact) mass is 341 g/mol. The highest BCUT2D eigenvalue weighted by molar-refractivity contribution is 7.07. The average molecular weight is 341 g/mol. The van der Waals surface area contributed by atoms with Crippen molar-refractivity contribution in [3.8, 4) is 0 Å². The molecule has 2 amide bonds. The third-order valence-electron chi connectivity index (χ3n) is 4.97. The van der Waals surface area contributed by atoms with Crippen LogP contribution in [0.4, 0.5) is 0 Å². The van der Waals surface area contributed by atoms with Crippen molar-refractivity contribution in [2.24, 2.45) is 5.92 Å². The Morgan fingerprint density at radius 2 is 2.00 bits per heavy atom. The summed E-state index contributed by atoms with van der Waals surface area (Å²) in [5.41, 5.74) is 3.38. The van der Waals surface area contributed by atoms with Crippen LogP contribution in [0.2, 0.25) is 0 Å². The molecule has 2 unspecified atom stereocenters. The van der Waals surface area contributed by atoms with Crippen LogP contribution in [0.25, 0.3) is 0 Å². The summed E-state index contributed by atoms with van der Waals surface area (Å²) in [4.78, 5) is 32.7. The SMILES string of the molecule is O=C(c1cscn1)N1CC2CN(C(=O)CCc3ccccc3)C2C1. The normalized spacial score (nSPS) is 22.2. The molecule has 2 aliphatic rings. The van der Waals surface area contributed by atoms with Crippen LogP contribution in [-0.4, -0.2) is 52.3 Å². The van der Waals surface area contributed by atoms with E-state index in [1.165, 1.54) is 16.9 Å². The van der Waals surface area contributed by atoms with E-state index in [1.807, 2.05) is 28.0 Å². The van der Waals surface area contributed by atoms with Gasteiger partial charge in [-0.15, -0.1) is 11.3 Å². The number of nitrogens with zero attached hydrogens (tertiary/aromatic N) is 3. The van der Waals surface area contributed by atoms with Crippen LogP contribution in [0, 0.1) is 5.92 Å². The zero-order chi connectivity index (χ0) is 16.5. The number of thiazole rings is 1. The van der Waals surface area contributed by atoms with Crippen LogP contribution in [0.3, 0.4) is 0 Å². The Morgan fingerprint density at radius 3 is 2.75 bits per heavy atom. The molecule has 2 atom stereocenters. The van der Waals surface area contributed by atoms with E-state index in [9.17, 15) is 9.59 Å². The van der Waals surface area contributed by atoms with Crippen molar-refractivity contribution in [3.05, 3.63) is 52.5 Å². The van der Waals surface area contributed by atoms with Gasteiger partial charge in [0.15, 0.2) is 0 Å². The smallest absolute Gasteiger partial charge is 0.273 e. The van der Waals surface area contributed by atoms with Gasteiger partial charge in [-0.2, -0.15) is 0 Å². The minimum absolute atomic E-state index is 0.0117. The second kappa shape index (κ2) is 6.36. The fourth-order valence-electron chi connectivity index (χ4n) is 3.61. The molecule has 3 heterocycles. The van der Waals surface area contributed by atoms with E-state index >= 15 is 0 Å². The summed E-state index contributed by atoms with van der Waals surface area (Å²) in [6.07, 6.45) is 1.31. The van der Waals surface area contributed by atoms with Crippen molar-refractivity contribution in [1.29, 1.82) is 0 Å². The lowest BCUT2D eigenvalue weighted by atomic mass is 9.91. The lowest BCUT2D eigenvalue weighted by Crippen LogP contribution is -2.58. The van der Waals surface area contributed by atoms with E-state index in [1.54, 1.807) is 10.9 Å². The van der Waals surface area contributed by atoms with Crippen LogP contribution >= 0.6 is 11.3 Å². The van der Waals surface area contributed by atoms with E-state index in [4.69, 9.17) is 0 Å². The molecule has 1 aromatic heterocycles. The Hall–Kier alpha value is -2.21. The molecule has 0 radical (unpaired) electrons. The van der Waals surface area contributed by atoms with Gasteiger partial charge in [0.2, 0.25) is 5.91 Å². The van der Waals surface area contributed by atoms with Crippen LogP contribution < -0.4 is 0 Å². The molecule has 6 heteroatoms. The minimum Gasteiger partial charge on any atom is -0.337 e. The standard InChI is InChI=1S/C18H19N3O2S/c22-17(7-6-13-4-2-1-3-5-13)21-9-14-8-20(10-16(14)21)18(23)15-11-24-12-19-15/h1-5,11-12,14,16H,6-10H2. The number of likely N-dealkylation sites (tertiary alicyclic amines) is 2. The molecule has 124 valence electrons. The Kier molecular flexibility index (Phi) is 4.06. The number of rotatable bonds is 4. The molecule has 24 heavy (non-hydrogen) atoms. The minimum atomic E-state index is -0.0117. The van der Waals surface area contributed by atoms with Gasteiger partial charge < -0.3 is 9.80 Å². The van der Waals surface area contributed by atoms with Gasteiger partial charge in [0.05, 0.1) is 11.6 Å². The highest BCUT2D eigenvalue weighted by Gasteiger charge is 2.48. The quantitative estimate of drug-likeness (QED) is 0.855. The maximum Gasteiger partial charge on any atom is 0.273 e. The summed E-state index contributed by atoms with van der Waals surface area (Å²) in [6.45, 7) is 2.15. The average Bonchev–Trinajstić information content (AvgIpc) is 3.23. The number of aromatic nitrogens is 1. The van der Waals surface area contributed by atoms with Gasteiger partial charge in [0, 0.05) is 37.4 Å². The van der Waals surface area contributed by atoms with Crippen LogP contribution in [-0.2, 0) is 11.2 Å².